The number of carbonyl (C=O) groups is 2. The second-order valence-corrected chi connectivity index (χ2v) is 3.73. The molecule has 0 aromatic carbocycles. The van der Waals surface area contributed by atoms with Crippen molar-refractivity contribution in [2.45, 2.75) is 31.0 Å². The van der Waals surface area contributed by atoms with Gasteiger partial charge < -0.3 is 26.8 Å². The van der Waals surface area contributed by atoms with Crippen molar-refractivity contribution in [1.82, 2.24) is 0 Å². The summed E-state index contributed by atoms with van der Waals surface area (Å²) >= 11 is 4.65. The van der Waals surface area contributed by atoms with Gasteiger partial charge in [0.05, 0.1) is 4.86 Å². The Morgan fingerprint density at radius 2 is 1.75 bits per heavy atom. The van der Waals surface area contributed by atoms with E-state index >= 15 is 0 Å². The van der Waals surface area contributed by atoms with Crippen molar-refractivity contribution in [2.75, 3.05) is 0 Å². The van der Waals surface area contributed by atoms with Crippen LogP contribution in [0.1, 0.15) is 12.8 Å². The summed E-state index contributed by atoms with van der Waals surface area (Å²) in [6, 6.07) is -2.42. The average molecular weight is 250 g/mol. The van der Waals surface area contributed by atoms with Crippen LogP contribution in [0, 0.1) is 0 Å². The lowest BCUT2D eigenvalue weighted by molar-refractivity contribution is -0.138. The van der Waals surface area contributed by atoms with E-state index in [0.717, 1.165) is 0 Å². The van der Waals surface area contributed by atoms with Gasteiger partial charge in [-0.1, -0.05) is 12.2 Å². The normalized spacial score (nSPS) is 16.2. The summed E-state index contributed by atoms with van der Waals surface area (Å²) in [7, 11) is 0. The van der Waals surface area contributed by atoms with Crippen LogP contribution < -0.4 is 11.5 Å². The number of rotatable bonds is 7. The maximum absolute atomic E-state index is 10.5. The highest BCUT2D eigenvalue weighted by Crippen LogP contribution is 2.05. The van der Waals surface area contributed by atoms with Gasteiger partial charge in [0.1, 0.15) is 12.1 Å². The molecule has 0 aliphatic carbocycles. The van der Waals surface area contributed by atoms with Crippen molar-refractivity contribution in [3.05, 3.63) is 0 Å². The van der Waals surface area contributed by atoms with Crippen molar-refractivity contribution in [3.63, 3.8) is 0 Å². The highest BCUT2D eigenvalue weighted by molar-refractivity contribution is 7.80. The fraction of sp³-hybridized carbons (Fsp3) is 0.625. The van der Waals surface area contributed by atoms with Crippen molar-refractivity contribution in [1.29, 1.82) is 0 Å². The molecule has 16 heavy (non-hydrogen) atoms. The van der Waals surface area contributed by atoms with Gasteiger partial charge in [0, 0.05) is 12.5 Å². The highest BCUT2D eigenvalue weighted by atomic mass is 32.1. The van der Waals surface area contributed by atoms with Gasteiger partial charge in [0.25, 0.3) is 0 Å². The van der Waals surface area contributed by atoms with Crippen LogP contribution in [-0.4, -0.2) is 50.3 Å². The molecule has 0 rings (SSSR count). The monoisotopic (exact) mass is 250 g/mol. The molecule has 0 aliphatic rings. The molecule has 0 radical (unpaired) electrons. The van der Waals surface area contributed by atoms with Gasteiger partial charge in [-0.2, -0.15) is 0 Å². The Bertz CT molecular complexity index is 296. The third-order valence-electron chi connectivity index (χ3n) is 1.96. The molecule has 1 unspecified atom stereocenters. The van der Waals surface area contributed by atoms with Crippen molar-refractivity contribution >= 4 is 29.0 Å². The van der Waals surface area contributed by atoms with Crippen LogP contribution in [0.4, 0.5) is 0 Å². The van der Waals surface area contributed by atoms with E-state index in [1.807, 2.05) is 0 Å². The lowest BCUT2D eigenvalue weighted by Gasteiger charge is -2.20. The summed E-state index contributed by atoms with van der Waals surface area (Å²) in [5.74, 6) is -2.43. The predicted molar refractivity (Wildman–Crippen MR) is 59.1 cm³/mol. The second kappa shape index (κ2) is 6.48. The van der Waals surface area contributed by atoms with E-state index in [4.69, 9.17) is 21.7 Å². The van der Waals surface area contributed by atoms with Crippen LogP contribution in [-0.2, 0) is 9.59 Å². The van der Waals surface area contributed by atoms with Gasteiger partial charge in [-0.05, 0) is 6.42 Å². The predicted octanol–water partition coefficient (Wildman–Crippen LogP) is -1.68. The van der Waals surface area contributed by atoms with Crippen LogP contribution in [0.15, 0.2) is 0 Å². The summed E-state index contributed by atoms with van der Waals surface area (Å²) in [6.45, 7) is 0. The van der Waals surface area contributed by atoms with Gasteiger partial charge in [-0.15, -0.1) is 0 Å². The van der Waals surface area contributed by atoms with Gasteiger partial charge in [0.2, 0.25) is 0 Å². The minimum absolute atomic E-state index is 0.0109. The number of aliphatic hydroxyl groups excluding tert-OH is 1. The van der Waals surface area contributed by atoms with E-state index in [0.29, 0.717) is 0 Å². The number of aliphatic hydroxyl groups is 1. The number of aliphatic carboxylic acids is 2. The number of carboxylic acids is 2. The summed E-state index contributed by atoms with van der Waals surface area (Å²) in [4.78, 5) is 20.4. The van der Waals surface area contributed by atoms with Gasteiger partial charge in [-0.25, -0.2) is 0 Å². The highest BCUT2D eigenvalue weighted by Gasteiger charge is 2.28. The van der Waals surface area contributed by atoms with Crippen LogP contribution in [0.5, 0.6) is 0 Å². The fourth-order valence-electron chi connectivity index (χ4n) is 0.965. The largest absolute Gasteiger partial charge is 0.481 e. The molecule has 0 bridgehead atoms. The molecule has 0 heterocycles. The fourth-order valence-corrected chi connectivity index (χ4v) is 1.24. The van der Waals surface area contributed by atoms with E-state index in [1.54, 1.807) is 0 Å². The molecular weight excluding hydrogens is 236 g/mol. The number of hydrogen-bond acceptors (Lipinski definition) is 6. The van der Waals surface area contributed by atoms with E-state index < -0.39 is 30.1 Å². The van der Waals surface area contributed by atoms with E-state index in [9.17, 15) is 14.7 Å². The average Bonchev–Trinajstić information content (AvgIpc) is 2.22. The van der Waals surface area contributed by atoms with E-state index in [2.05, 4.69) is 12.2 Å². The number of nitrogens with two attached hydrogens (primary N) is 2. The first-order chi connectivity index (χ1) is 7.27. The molecule has 7 N–H and O–H groups in total. The molecular formula is C8H14N2O5S. The van der Waals surface area contributed by atoms with E-state index in [1.165, 1.54) is 0 Å². The summed E-state index contributed by atoms with van der Waals surface area (Å²) in [6.07, 6.45) is -1.65. The summed E-state index contributed by atoms with van der Waals surface area (Å²) < 4.78 is 0. The molecule has 0 fully saturated rings. The van der Waals surface area contributed by atoms with Crippen molar-refractivity contribution in [3.8, 4) is 0 Å². The number of thiocarbonyl (C=S) groups is 1. The maximum Gasteiger partial charge on any atom is 0.325 e. The Labute approximate surface area is 97.0 Å². The van der Waals surface area contributed by atoms with Gasteiger partial charge >= 0.3 is 11.9 Å². The van der Waals surface area contributed by atoms with Crippen molar-refractivity contribution in [2.24, 2.45) is 11.5 Å². The topological polar surface area (TPSA) is 147 Å². The van der Waals surface area contributed by atoms with Crippen molar-refractivity contribution < 1.29 is 24.9 Å². The Morgan fingerprint density at radius 1 is 1.25 bits per heavy atom. The van der Waals surface area contributed by atoms with Crippen LogP contribution >= 0.6 is 12.2 Å². The standard InChI is InChI=1S/C8H14N2O5S/c9-3(1-2-4(11)12)6(13)7(16)5(10)8(14)15/h3,5-6,13H,1-2,9-10H2,(H,11,12)(H,14,15)/t3-,5-,6?/m0/s1. The molecule has 7 nitrogen and oxygen atoms in total. The Kier molecular flexibility index (Phi) is 6.04. The van der Waals surface area contributed by atoms with Gasteiger partial charge in [0.15, 0.2) is 0 Å². The minimum Gasteiger partial charge on any atom is -0.481 e. The molecule has 0 aromatic rings. The molecule has 0 aromatic heterocycles. The SMILES string of the molecule is N[C@H](C(=O)O)C(=S)C(O)[C@@H](N)CCC(=O)O. The maximum atomic E-state index is 10.5. The Hall–Kier alpha value is -1.09. The molecule has 0 saturated carbocycles. The first kappa shape index (κ1) is 14.9. The smallest absolute Gasteiger partial charge is 0.325 e. The summed E-state index contributed by atoms with van der Waals surface area (Å²) in [5.41, 5.74) is 10.6. The zero-order chi connectivity index (χ0) is 12.9. The third kappa shape index (κ3) is 4.62. The lowest BCUT2D eigenvalue weighted by Crippen LogP contribution is -2.50. The number of carboxylic acid groups (broad SMARTS) is 2. The van der Waals surface area contributed by atoms with Crippen LogP contribution in [0.25, 0.3) is 0 Å². The van der Waals surface area contributed by atoms with E-state index in [-0.39, 0.29) is 17.7 Å². The Morgan fingerprint density at radius 3 is 2.12 bits per heavy atom. The molecule has 8 heteroatoms. The first-order valence-electron chi connectivity index (χ1n) is 4.45. The zero-order valence-electron chi connectivity index (χ0n) is 8.37. The number of hydrogen-bond donors (Lipinski definition) is 5. The molecule has 0 aliphatic heterocycles. The Balaban J connectivity index is 4.31. The van der Waals surface area contributed by atoms with Crippen LogP contribution in [0.2, 0.25) is 0 Å². The molecule has 0 spiro atoms. The lowest BCUT2D eigenvalue weighted by atomic mass is 10.00. The zero-order valence-corrected chi connectivity index (χ0v) is 9.18. The molecule has 0 amide bonds. The minimum atomic E-state index is -1.49. The van der Waals surface area contributed by atoms with Gasteiger partial charge in [-0.3, -0.25) is 9.59 Å². The van der Waals surface area contributed by atoms with Crippen LogP contribution in [0.3, 0.4) is 0 Å². The third-order valence-corrected chi connectivity index (χ3v) is 2.46. The molecule has 3 atom stereocenters. The molecule has 92 valence electrons. The quantitative estimate of drug-likeness (QED) is 0.337. The summed E-state index contributed by atoms with van der Waals surface area (Å²) in [5, 5.41) is 26.4. The molecule has 0 saturated heterocycles. The second-order valence-electron chi connectivity index (χ2n) is 3.26. The first-order valence-corrected chi connectivity index (χ1v) is 4.85.